The molecule has 2 heterocycles. The van der Waals surface area contributed by atoms with Crippen LogP contribution in [0.4, 0.5) is 11.6 Å². The van der Waals surface area contributed by atoms with E-state index >= 15 is 0 Å². The molecule has 170 valence electrons. The van der Waals surface area contributed by atoms with Crippen molar-refractivity contribution in [1.29, 1.82) is 0 Å². The van der Waals surface area contributed by atoms with Gasteiger partial charge in [0, 0.05) is 35.8 Å². The van der Waals surface area contributed by atoms with Gasteiger partial charge in [-0.2, -0.15) is 10.1 Å². The average Bonchev–Trinajstić information content (AvgIpc) is 3.39. The topological polar surface area (TPSA) is 101 Å². The highest BCUT2D eigenvalue weighted by Gasteiger charge is 2.29. The van der Waals surface area contributed by atoms with E-state index in [9.17, 15) is 4.79 Å². The minimum Gasteiger partial charge on any atom is -0.352 e. The van der Waals surface area contributed by atoms with Gasteiger partial charge in [0.25, 0.3) is 5.91 Å². The van der Waals surface area contributed by atoms with Crippen LogP contribution in [0.15, 0.2) is 42.6 Å². The van der Waals surface area contributed by atoms with Crippen molar-refractivity contribution in [2.75, 3.05) is 11.9 Å². The van der Waals surface area contributed by atoms with Crippen molar-refractivity contribution < 1.29 is 4.79 Å². The Morgan fingerprint density at radius 2 is 1.91 bits per heavy atom. The van der Waals surface area contributed by atoms with Crippen molar-refractivity contribution in [1.82, 2.24) is 30.3 Å². The molecule has 0 spiro atoms. The monoisotopic (exact) mass is 443 g/mol. The highest BCUT2D eigenvalue weighted by atomic mass is 16.1. The number of aromatic nitrogens is 5. The van der Waals surface area contributed by atoms with E-state index in [1.54, 1.807) is 4.68 Å². The van der Waals surface area contributed by atoms with Crippen molar-refractivity contribution >= 4 is 28.4 Å². The van der Waals surface area contributed by atoms with Gasteiger partial charge in [-0.05, 0) is 54.0 Å². The lowest BCUT2D eigenvalue weighted by molar-refractivity contribution is 0.0939. The van der Waals surface area contributed by atoms with E-state index < -0.39 is 0 Å². The summed E-state index contributed by atoms with van der Waals surface area (Å²) in [6.45, 7) is 6.90. The number of hydrogen-bond donors (Lipinski definition) is 3. The molecule has 1 amide bonds. The Hall–Kier alpha value is -3.68. The number of rotatable bonds is 6. The predicted octanol–water partition coefficient (Wildman–Crippen LogP) is 4.76. The molecular formula is C25H29N7O. The summed E-state index contributed by atoms with van der Waals surface area (Å²) >= 11 is 0. The third-order valence-electron chi connectivity index (χ3n) is 5.85. The first kappa shape index (κ1) is 21.2. The zero-order chi connectivity index (χ0) is 23.2. The van der Waals surface area contributed by atoms with Crippen LogP contribution in [0.3, 0.4) is 0 Å². The fraction of sp³-hybridized carbons (Fsp3) is 0.360. The van der Waals surface area contributed by atoms with Gasteiger partial charge in [0.15, 0.2) is 5.82 Å². The van der Waals surface area contributed by atoms with E-state index in [0.717, 1.165) is 22.2 Å². The lowest BCUT2D eigenvalue weighted by atomic mass is 9.97. The molecule has 0 aliphatic heterocycles. The van der Waals surface area contributed by atoms with Gasteiger partial charge in [-0.1, -0.05) is 32.9 Å². The fourth-order valence-corrected chi connectivity index (χ4v) is 3.91. The summed E-state index contributed by atoms with van der Waals surface area (Å²) in [5.74, 6) is 1.76. The first-order valence-corrected chi connectivity index (χ1v) is 11.3. The summed E-state index contributed by atoms with van der Waals surface area (Å²) < 4.78 is 1.75. The molecule has 5 rings (SSSR count). The largest absolute Gasteiger partial charge is 0.352 e. The second-order valence-corrected chi connectivity index (χ2v) is 9.96. The van der Waals surface area contributed by atoms with Crippen LogP contribution in [-0.2, 0) is 7.05 Å². The number of carbonyl (C=O) groups excluding carboxylic acids is 1. The molecule has 4 aromatic rings. The van der Waals surface area contributed by atoms with Crippen LogP contribution >= 0.6 is 0 Å². The van der Waals surface area contributed by atoms with Crippen LogP contribution in [0.2, 0.25) is 0 Å². The molecule has 0 unspecified atom stereocenters. The van der Waals surface area contributed by atoms with Gasteiger partial charge in [-0.15, -0.1) is 5.10 Å². The summed E-state index contributed by atoms with van der Waals surface area (Å²) in [6.07, 6.45) is 4.28. The molecule has 2 aromatic heterocycles. The third-order valence-corrected chi connectivity index (χ3v) is 5.85. The molecule has 0 saturated heterocycles. The lowest BCUT2D eigenvalue weighted by Crippen LogP contribution is -2.32. The van der Waals surface area contributed by atoms with Crippen molar-refractivity contribution in [3.05, 3.63) is 53.7 Å². The maximum Gasteiger partial charge on any atom is 0.251 e. The van der Waals surface area contributed by atoms with Gasteiger partial charge in [0.05, 0.1) is 11.7 Å². The van der Waals surface area contributed by atoms with Crippen LogP contribution in [0.5, 0.6) is 0 Å². The molecule has 0 atom stereocenters. The van der Waals surface area contributed by atoms with Crippen LogP contribution in [0, 0.1) is 5.41 Å². The molecule has 0 radical (unpaired) electrons. The SMILES string of the molecule is Cn1nc(-c2ccc(C(=O)NCC(C)(C)C)cc2)nc1Nc1ccc2[nH]ncc2c1C1CC1. The summed E-state index contributed by atoms with van der Waals surface area (Å²) in [5.41, 5.74) is 4.90. The molecule has 33 heavy (non-hydrogen) atoms. The number of hydrogen-bond acceptors (Lipinski definition) is 5. The third kappa shape index (κ3) is 4.46. The van der Waals surface area contributed by atoms with Gasteiger partial charge in [0.2, 0.25) is 5.95 Å². The van der Waals surface area contributed by atoms with Crippen molar-refractivity contribution in [3.63, 3.8) is 0 Å². The molecule has 8 heteroatoms. The van der Waals surface area contributed by atoms with E-state index in [1.165, 1.54) is 18.4 Å². The molecule has 1 aliphatic rings. The number of benzene rings is 2. The molecular weight excluding hydrogens is 414 g/mol. The smallest absolute Gasteiger partial charge is 0.251 e. The highest BCUT2D eigenvalue weighted by molar-refractivity contribution is 5.94. The zero-order valence-electron chi connectivity index (χ0n) is 19.4. The Bertz CT molecular complexity index is 1310. The van der Waals surface area contributed by atoms with Gasteiger partial charge < -0.3 is 10.6 Å². The van der Waals surface area contributed by atoms with Gasteiger partial charge in [0.1, 0.15) is 0 Å². The van der Waals surface area contributed by atoms with E-state index in [0.29, 0.717) is 29.8 Å². The first-order chi connectivity index (χ1) is 15.8. The van der Waals surface area contributed by atoms with E-state index in [2.05, 4.69) is 52.8 Å². The molecule has 1 aliphatic carbocycles. The van der Waals surface area contributed by atoms with Crippen LogP contribution in [-0.4, -0.2) is 37.4 Å². The predicted molar refractivity (Wildman–Crippen MR) is 130 cm³/mol. The average molecular weight is 444 g/mol. The number of carbonyl (C=O) groups is 1. The van der Waals surface area contributed by atoms with E-state index in [1.807, 2.05) is 43.6 Å². The number of nitrogens with zero attached hydrogens (tertiary/aromatic N) is 4. The summed E-state index contributed by atoms with van der Waals surface area (Å²) in [7, 11) is 1.88. The molecule has 1 saturated carbocycles. The zero-order valence-corrected chi connectivity index (χ0v) is 19.4. The summed E-state index contributed by atoms with van der Waals surface area (Å²) in [4.78, 5) is 17.1. The molecule has 2 aromatic carbocycles. The standard InChI is InChI=1S/C25H29N7O/c1-25(2,3)14-26-23(33)17-9-7-16(8-10-17)22-29-24(32(4)31-22)28-20-12-11-19-18(13-27-30-19)21(20)15-5-6-15/h7-13,15H,5-6,14H2,1-4H3,(H,26,33)(H,27,30)(H,28,29,31). The van der Waals surface area contributed by atoms with E-state index in [4.69, 9.17) is 4.98 Å². The second kappa shape index (κ2) is 8.03. The number of H-pyrrole nitrogens is 1. The van der Waals surface area contributed by atoms with Crippen LogP contribution in [0.1, 0.15) is 55.5 Å². The number of anilines is 2. The summed E-state index contributed by atoms with van der Waals surface area (Å²) in [5, 5.41) is 19.5. The Kier molecular flexibility index (Phi) is 5.15. The Labute approximate surface area is 192 Å². The van der Waals surface area contributed by atoms with Crippen molar-refractivity contribution in [2.45, 2.75) is 39.5 Å². The van der Waals surface area contributed by atoms with Gasteiger partial charge >= 0.3 is 0 Å². The quantitative estimate of drug-likeness (QED) is 0.399. The number of nitrogens with one attached hydrogen (secondary N) is 3. The van der Waals surface area contributed by atoms with Gasteiger partial charge in [-0.25, -0.2) is 4.68 Å². The van der Waals surface area contributed by atoms with Gasteiger partial charge in [-0.3, -0.25) is 9.89 Å². The Balaban J connectivity index is 1.36. The van der Waals surface area contributed by atoms with Crippen LogP contribution in [0.25, 0.3) is 22.3 Å². The molecule has 0 bridgehead atoms. The number of fused-ring (bicyclic) bond motifs is 1. The molecule has 1 fully saturated rings. The normalized spacial score (nSPS) is 13.9. The van der Waals surface area contributed by atoms with E-state index in [-0.39, 0.29) is 11.3 Å². The Morgan fingerprint density at radius 1 is 1.15 bits per heavy atom. The van der Waals surface area contributed by atoms with Crippen molar-refractivity contribution in [3.8, 4) is 11.4 Å². The lowest BCUT2D eigenvalue weighted by Gasteiger charge is -2.18. The number of aryl methyl sites for hydroxylation is 1. The minimum atomic E-state index is -0.0740. The number of aromatic amines is 1. The Morgan fingerprint density at radius 3 is 2.61 bits per heavy atom. The second-order valence-electron chi connectivity index (χ2n) is 9.96. The van der Waals surface area contributed by atoms with Crippen LogP contribution < -0.4 is 10.6 Å². The fourth-order valence-electron chi connectivity index (χ4n) is 3.91. The molecule has 3 N–H and O–H groups in total. The number of amides is 1. The first-order valence-electron chi connectivity index (χ1n) is 11.3. The summed E-state index contributed by atoms with van der Waals surface area (Å²) in [6, 6.07) is 11.5. The maximum atomic E-state index is 12.4. The maximum absolute atomic E-state index is 12.4. The van der Waals surface area contributed by atoms with Crippen molar-refractivity contribution in [2.24, 2.45) is 12.5 Å². The minimum absolute atomic E-state index is 0.0401. The highest BCUT2D eigenvalue weighted by Crippen LogP contribution is 2.47. The molecule has 8 nitrogen and oxygen atoms in total.